The minimum atomic E-state index is -0.522. The van der Waals surface area contributed by atoms with Crippen molar-refractivity contribution in [3.63, 3.8) is 0 Å². The van der Waals surface area contributed by atoms with Crippen molar-refractivity contribution in [1.29, 1.82) is 0 Å². The summed E-state index contributed by atoms with van der Waals surface area (Å²) in [6.07, 6.45) is 1.46. The molecule has 3 rings (SSSR count). The van der Waals surface area contributed by atoms with Crippen molar-refractivity contribution in [2.24, 2.45) is 0 Å². The molecule has 1 aliphatic heterocycles. The van der Waals surface area contributed by atoms with Crippen LogP contribution in [0.25, 0.3) is 6.08 Å². The Labute approximate surface area is 146 Å². The van der Waals surface area contributed by atoms with Crippen LogP contribution in [0.5, 0.6) is 0 Å². The second kappa shape index (κ2) is 6.86. The lowest BCUT2D eigenvalue weighted by atomic mass is 10.2. The van der Waals surface area contributed by atoms with E-state index in [1.165, 1.54) is 48.5 Å². The molecule has 0 bridgehead atoms. The first kappa shape index (κ1) is 16.8. The van der Waals surface area contributed by atoms with Gasteiger partial charge in [-0.1, -0.05) is 24.3 Å². The molecule has 6 nitrogen and oxygen atoms in total. The molecule has 0 radical (unpaired) electrons. The number of rotatable bonds is 4. The van der Waals surface area contributed by atoms with Gasteiger partial charge in [-0.05, 0) is 41.1 Å². The number of hydrogen-bond donors (Lipinski definition) is 0. The fourth-order valence-corrected chi connectivity index (χ4v) is 3.13. The molecule has 8 heteroatoms. The Bertz CT molecular complexity index is 896. The Balaban J connectivity index is 1.78. The number of carbonyl (C=O) groups excluding carboxylic acids is 2. The quantitative estimate of drug-likeness (QED) is 0.469. The SMILES string of the molecule is O=C1S/C(=C\c2cccc(F)c2)C(=O)N1Cc1ccc([N+](=O)[O-])cc1. The predicted molar refractivity (Wildman–Crippen MR) is 91.0 cm³/mol. The summed E-state index contributed by atoms with van der Waals surface area (Å²) in [6.45, 7) is 0.0170. The number of nitro benzene ring substituents is 1. The third kappa shape index (κ3) is 3.74. The average molecular weight is 358 g/mol. The van der Waals surface area contributed by atoms with Gasteiger partial charge in [0.2, 0.25) is 0 Å². The van der Waals surface area contributed by atoms with E-state index in [2.05, 4.69) is 0 Å². The van der Waals surface area contributed by atoms with Crippen molar-refractivity contribution in [3.8, 4) is 0 Å². The summed E-state index contributed by atoms with van der Waals surface area (Å²) in [5, 5.41) is 10.2. The number of halogens is 1. The van der Waals surface area contributed by atoms with E-state index in [-0.39, 0.29) is 17.1 Å². The van der Waals surface area contributed by atoms with Crippen LogP contribution in [-0.4, -0.2) is 21.0 Å². The Morgan fingerprint density at radius 2 is 1.88 bits per heavy atom. The van der Waals surface area contributed by atoms with E-state index in [1.54, 1.807) is 6.07 Å². The molecular weight excluding hydrogens is 347 g/mol. The van der Waals surface area contributed by atoms with E-state index in [0.717, 1.165) is 16.7 Å². The van der Waals surface area contributed by atoms with Crippen LogP contribution in [0.4, 0.5) is 14.9 Å². The van der Waals surface area contributed by atoms with E-state index in [0.29, 0.717) is 11.1 Å². The van der Waals surface area contributed by atoms with Crippen molar-refractivity contribution in [2.75, 3.05) is 0 Å². The molecule has 1 saturated heterocycles. The lowest BCUT2D eigenvalue weighted by Crippen LogP contribution is -2.27. The number of non-ortho nitro benzene ring substituents is 1. The average Bonchev–Trinajstić information content (AvgIpc) is 2.83. The molecule has 25 heavy (non-hydrogen) atoms. The standard InChI is InChI=1S/C17H11FN2O4S/c18-13-3-1-2-12(8-13)9-15-16(21)19(17(22)25-15)10-11-4-6-14(7-5-11)20(23)24/h1-9H,10H2/b15-9-. The Hall–Kier alpha value is -3.00. The maximum Gasteiger partial charge on any atom is 0.293 e. The predicted octanol–water partition coefficient (Wildman–Crippen LogP) is 3.97. The fourth-order valence-electron chi connectivity index (χ4n) is 2.29. The van der Waals surface area contributed by atoms with Gasteiger partial charge in [0.25, 0.3) is 16.8 Å². The lowest BCUT2D eigenvalue weighted by Gasteiger charge is -2.12. The maximum atomic E-state index is 13.2. The summed E-state index contributed by atoms with van der Waals surface area (Å²) in [7, 11) is 0. The number of carbonyl (C=O) groups is 2. The summed E-state index contributed by atoms with van der Waals surface area (Å²) in [5.41, 5.74) is 1.02. The highest BCUT2D eigenvalue weighted by Gasteiger charge is 2.35. The van der Waals surface area contributed by atoms with Crippen LogP contribution in [0.15, 0.2) is 53.4 Å². The lowest BCUT2D eigenvalue weighted by molar-refractivity contribution is -0.384. The van der Waals surface area contributed by atoms with E-state index in [4.69, 9.17) is 0 Å². The van der Waals surface area contributed by atoms with Crippen LogP contribution in [0.3, 0.4) is 0 Å². The van der Waals surface area contributed by atoms with Gasteiger partial charge in [0.15, 0.2) is 0 Å². The van der Waals surface area contributed by atoms with Crippen LogP contribution in [0.1, 0.15) is 11.1 Å². The molecule has 2 aromatic rings. The summed E-state index contributed by atoms with van der Waals surface area (Å²) in [6, 6.07) is 11.3. The van der Waals surface area contributed by atoms with Gasteiger partial charge in [-0.3, -0.25) is 24.6 Å². The van der Waals surface area contributed by atoms with Gasteiger partial charge in [0.1, 0.15) is 5.82 Å². The molecule has 1 heterocycles. The molecule has 0 unspecified atom stereocenters. The number of amides is 2. The minimum Gasteiger partial charge on any atom is -0.268 e. The maximum absolute atomic E-state index is 13.2. The monoisotopic (exact) mass is 358 g/mol. The third-order valence-corrected chi connectivity index (χ3v) is 4.42. The summed E-state index contributed by atoms with van der Waals surface area (Å²) < 4.78 is 13.2. The first-order valence-corrected chi connectivity index (χ1v) is 8.00. The largest absolute Gasteiger partial charge is 0.293 e. The molecule has 126 valence electrons. The topological polar surface area (TPSA) is 80.5 Å². The van der Waals surface area contributed by atoms with Gasteiger partial charge in [0, 0.05) is 12.1 Å². The number of nitrogens with zero attached hydrogens (tertiary/aromatic N) is 2. The first-order chi connectivity index (χ1) is 11.9. The van der Waals surface area contributed by atoms with E-state index in [9.17, 15) is 24.1 Å². The van der Waals surface area contributed by atoms with E-state index >= 15 is 0 Å². The zero-order valence-corrected chi connectivity index (χ0v) is 13.5. The molecule has 0 N–H and O–H groups in total. The number of benzene rings is 2. The van der Waals surface area contributed by atoms with Gasteiger partial charge < -0.3 is 0 Å². The van der Waals surface area contributed by atoms with Crippen molar-refractivity contribution in [1.82, 2.24) is 4.90 Å². The zero-order chi connectivity index (χ0) is 18.0. The van der Waals surface area contributed by atoms with Gasteiger partial charge >= 0.3 is 0 Å². The molecule has 2 aromatic carbocycles. The molecule has 0 aliphatic carbocycles. The zero-order valence-electron chi connectivity index (χ0n) is 12.7. The Morgan fingerprint density at radius 1 is 1.16 bits per heavy atom. The van der Waals surface area contributed by atoms with Crippen LogP contribution >= 0.6 is 11.8 Å². The van der Waals surface area contributed by atoms with Gasteiger partial charge in [-0.2, -0.15) is 0 Å². The summed E-state index contributed by atoms with van der Waals surface area (Å²) >= 11 is 0.778. The molecule has 2 amide bonds. The van der Waals surface area contributed by atoms with Crippen molar-refractivity contribution >= 4 is 34.7 Å². The highest BCUT2D eigenvalue weighted by Crippen LogP contribution is 2.33. The Kier molecular flexibility index (Phi) is 4.62. The van der Waals surface area contributed by atoms with Gasteiger partial charge in [0.05, 0.1) is 16.4 Å². The van der Waals surface area contributed by atoms with Crippen molar-refractivity contribution < 1.29 is 18.9 Å². The number of imide groups is 1. The van der Waals surface area contributed by atoms with Crippen LogP contribution in [0.2, 0.25) is 0 Å². The highest BCUT2D eigenvalue weighted by atomic mass is 32.2. The summed E-state index contributed by atoms with van der Waals surface area (Å²) in [4.78, 5) is 35.9. The molecule has 1 fully saturated rings. The summed E-state index contributed by atoms with van der Waals surface area (Å²) in [5.74, 6) is -0.906. The van der Waals surface area contributed by atoms with Gasteiger partial charge in [-0.15, -0.1) is 0 Å². The molecule has 0 spiro atoms. The van der Waals surface area contributed by atoms with E-state index < -0.39 is 21.9 Å². The fraction of sp³-hybridized carbons (Fsp3) is 0.0588. The third-order valence-electron chi connectivity index (χ3n) is 3.51. The second-order valence-electron chi connectivity index (χ2n) is 5.25. The first-order valence-electron chi connectivity index (χ1n) is 7.18. The van der Waals surface area contributed by atoms with Crippen molar-refractivity contribution in [3.05, 3.63) is 80.5 Å². The normalized spacial score (nSPS) is 15.9. The Morgan fingerprint density at radius 3 is 2.52 bits per heavy atom. The minimum absolute atomic E-state index is 0.0170. The molecule has 0 aromatic heterocycles. The molecule has 0 atom stereocenters. The molecule has 1 aliphatic rings. The van der Waals surface area contributed by atoms with Crippen LogP contribution < -0.4 is 0 Å². The number of thioether (sulfide) groups is 1. The van der Waals surface area contributed by atoms with Crippen molar-refractivity contribution in [2.45, 2.75) is 6.54 Å². The number of nitro groups is 1. The van der Waals surface area contributed by atoms with Crippen LogP contribution in [-0.2, 0) is 11.3 Å². The smallest absolute Gasteiger partial charge is 0.268 e. The molecular formula is C17H11FN2O4S. The second-order valence-corrected chi connectivity index (χ2v) is 6.24. The van der Waals surface area contributed by atoms with Gasteiger partial charge in [-0.25, -0.2) is 4.39 Å². The van der Waals surface area contributed by atoms with Crippen LogP contribution in [0, 0.1) is 15.9 Å². The molecule has 0 saturated carbocycles. The highest BCUT2D eigenvalue weighted by molar-refractivity contribution is 8.18. The number of hydrogen-bond acceptors (Lipinski definition) is 5. The van der Waals surface area contributed by atoms with E-state index in [1.807, 2.05) is 0 Å².